The Kier molecular flexibility index (Phi) is 3.81. The Morgan fingerprint density at radius 2 is 1.73 bits per heavy atom. The van der Waals surface area contributed by atoms with Gasteiger partial charge in [0.1, 0.15) is 5.82 Å². The van der Waals surface area contributed by atoms with Crippen molar-refractivity contribution in [3.05, 3.63) is 83.6 Å². The van der Waals surface area contributed by atoms with Gasteiger partial charge in [-0.15, -0.1) is 0 Å². The highest BCUT2D eigenvalue weighted by Crippen LogP contribution is 2.47. The first-order chi connectivity index (χ1) is 12.9. The van der Waals surface area contributed by atoms with Crippen molar-refractivity contribution in [2.45, 2.75) is 31.3 Å². The van der Waals surface area contributed by atoms with E-state index in [0.29, 0.717) is 17.9 Å². The number of benzene rings is 2. The predicted molar refractivity (Wildman–Crippen MR) is 104 cm³/mol. The number of piperidine rings is 1. The van der Waals surface area contributed by atoms with Crippen LogP contribution in [0.3, 0.4) is 0 Å². The van der Waals surface area contributed by atoms with Crippen LogP contribution in [0.15, 0.2) is 66.9 Å². The van der Waals surface area contributed by atoms with Gasteiger partial charge in [-0.25, -0.2) is 4.98 Å². The largest absolute Gasteiger partial charge is 0.350 e. The van der Waals surface area contributed by atoms with Gasteiger partial charge in [0.2, 0.25) is 5.95 Å². The summed E-state index contributed by atoms with van der Waals surface area (Å²) in [5.41, 5.74) is 4.25. The molecular formula is C22H22N4. The standard InChI is InChI=1S/C22H22N4/c1-2-6-16(7-3-1)14-24-22-23-13-12-21(25-22)26-15-17-10-11-20(26)19-9-5-4-8-18(17)19/h1-9,12-13,17,20H,10-11,14-15H2,(H,23,24,25)/t17-,20+/m1/s1. The number of hydrogen-bond donors (Lipinski definition) is 1. The van der Waals surface area contributed by atoms with E-state index in [2.05, 4.69) is 63.7 Å². The Balaban J connectivity index is 1.38. The number of hydrogen-bond acceptors (Lipinski definition) is 4. The molecule has 0 spiro atoms. The van der Waals surface area contributed by atoms with Crippen molar-refractivity contribution in [2.24, 2.45) is 0 Å². The van der Waals surface area contributed by atoms with Gasteiger partial charge in [0.15, 0.2) is 0 Å². The van der Waals surface area contributed by atoms with Crippen molar-refractivity contribution in [3.8, 4) is 0 Å². The van der Waals surface area contributed by atoms with Crippen molar-refractivity contribution in [2.75, 3.05) is 16.8 Å². The number of rotatable bonds is 4. The Labute approximate surface area is 153 Å². The van der Waals surface area contributed by atoms with Crippen molar-refractivity contribution in [1.82, 2.24) is 9.97 Å². The molecule has 2 aliphatic heterocycles. The van der Waals surface area contributed by atoms with Crippen molar-refractivity contribution >= 4 is 11.8 Å². The minimum Gasteiger partial charge on any atom is -0.350 e. The van der Waals surface area contributed by atoms with Gasteiger partial charge in [-0.1, -0.05) is 54.6 Å². The summed E-state index contributed by atoms with van der Waals surface area (Å²) < 4.78 is 0. The molecule has 26 heavy (non-hydrogen) atoms. The second-order valence-electron chi connectivity index (χ2n) is 7.15. The first-order valence-corrected chi connectivity index (χ1v) is 9.35. The van der Waals surface area contributed by atoms with Crippen LogP contribution in [-0.4, -0.2) is 16.5 Å². The molecule has 130 valence electrons. The van der Waals surface area contributed by atoms with E-state index in [1.54, 1.807) is 0 Å². The third-order valence-electron chi connectivity index (χ3n) is 5.61. The lowest BCUT2D eigenvalue weighted by Gasteiger charge is -2.47. The molecule has 3 aliphatic rings. The van der Waals surface area contributed by atoms with Gasteiger partial charge < -0.3 is 10.2 Å². The summed E-state index contributed by atoms with van der Waals surface area (Å²) in [7, 11) is 0. The van der Waals surface area contributed by atoms with Crippen LogP contribution in [0.5, 0.6) is 0 Å². The highest BCUT2D eigenvalue weighted by Gasteiger charge is 2.38. The summed E-state index contributed by atoms with van der Waals surface area (Å²) in [5, 5.41) is 3.35. The number of fused-ring (bicyclic) bond motifs is 2. The first kappa shape index (κ1) is 15.4. The van der Waals surface area contributed by atoms with E-state index in [1.165, 1.54) is 29.5 Å². The number of aromatic nitrogens is 2. The Morgan fingerprint density at radius 3 is 2.62 bits per heavy atom. The SMILES string of the molecule is c1ccc(CNc2nccc(N3C[C@H]4CC[C@H]3c3ccccc34)n2)cc1. The molecular weight excluding hydrogens is 320 g/mol. The van der Waals surface area contributed by atoms with Crippen LogP contribution >= 0.6 is 0 Å². The zero-order chi connectivity index (χ0) is 17.3. The topological polar surface area (TPSA) is 41.1 Å². The van der Waals surface area contributed by atoms with Crippen LogP contribution in [0.4, 0.5) is 11.8 Å². The molecule has 1 aliphatic carbocycles. The number of nitrogens with one attached hydrogen (secondary N) is 1. The Hall–Kier alpha value is -2.88. The summed E-state index contributed by atoms with van der Waals surface area (Å²) in [4.78, 5) is 11.7. The quantitative estimate of drug-likeness (QED) is 0.756. The van der Waals surface area contributed by atoms with Crippen LogP contribution in [0.25, 0.3) is 0 Å². The fourth-order valence-electron chi connectivity index (χ4n) is 4.36. The monoisotopic (exact) mass is 342 g/mol. The van der Waals surface area contributed by atoms with E-state index >= 15 is 0 Å². The maximum absolute atomic E-state index is 4.81. The lowest BCUT2D eigenvalue weighted by Crippen LogP contribution is -2.42. The van der Waals surface area contributed by atoms with Crippen LogP contribution < -0.4 is 10.2 Å². The highest BCUT2D eigenvalue weighted by atomic mass is 15.3. The summed E-state index contributed by atoms with van der Waals surface area (Å²) >= 11 is 0. The summed E-state index contributed by atoms with van der Waals surface area (Å²) in [6.45, 7) is 1.79. The van der Waals surface area contributed by atoms with Crippen LogP contribution in [0.2, 0.25) is 0 Å². The molecule has 6 rings (SSSR count). The molecule has 0 saturated carbocycles. The van der Waals surface area contributed by atoms with Gasteiger partial charge in [-0.05, 0) is 35.6 Å². The van der Waals surface area contributed by atoms with Crippen LogP contribution in [0, 0.1) is 0 Å². The maximum Gasteiger partial charge on any atom is 0.224 e. The van der Waals surface area contributed by atoms with Gasteiger partial charge in [-0.3, -0.25) is 0 Å². The van der Waals surface area contributed by atoms with Crippen molar-refractivity contribution in [3.63, 3.8) is 0 Å². The average molecular weight is 342 g/mol. The summed E-state index contributed by atoms with van der Waals surface area (Å²) in [5.74, 6) is 2.34. The van der Waals surface area contributed by atoms with Gasteiger partial charge in [0.25, 0.3) is 0 Å². The molecule has 1 N–H and O–H groups in total. The molecule has 4 nitrogen and oxygen atoms in total. The molecule has 3 heterocycles. The first-order valence-electron chi connectivity index (χ1n) is 9.35. The summed E-state index contributed by atoms with van der Waals surface area (Å²) in [6.07, 6.45) is 4.35. The van der Waals surface area contributed by atoms with Gasteiger partial charge >= 0.3 is 0 Å². The molecule has 0 amide bonds. The Morgan fingerprint density at radius 1 is 0.923 bits per heavy atom. The Bertz CT molecular complexity index is 909. The number of anilines is 2. The molecule has 0 radical (unpaired) electrons. The molecule has 1 saturated heterocycles. The lowest BCUT2D eigenvalue weighted by molar-refractivity contribution is 0.387. The third kappa shape index (κ3) is 2.71. The number of nitrogens with zero attached hydrogens (tertiary/aromatic N) is 3. The lowest BCUT2D eigenvalue weighted by atomic mass is 9.75. The predicted octanol–water partition coefficient (Wildman–Crippen LogP) is 4.53. The smallest absolute Gasteiger partial charge is 0.224 e. The molecule has 2 bridgehead atoms. The van der Waals surface area contributed by atoms with Gasteiger partial charge in [0, 0.05) is 25.2 Å². The zero-order valence-corrected chi connectivity index (χ0v) is 14.7. The fourth-order valence-corrected chi connectivity index (χ4v) is 4.36. The third-order valence-corrected chi connectivity index (χ3v) is 5.61. The maximum atomic E-state index is 4.81. The van der Waals surface area contributed by atoms with E-state index < -0.39 is 0 Å². The normalized spacial score (nSPS) is 20.7. The molecule has 2 atom stereocenters. The second kappa shape index (κ2) is 6.45. The molecule has 3 aromatic rings. The van der Waals surface area contributed by atoms with Crippen LogP contribution in [0.1, 0.15) is 41.5 Å². The minimum atomic E-state index is 0.438. The molecule has 4 heteroatoms. The van der Waals surface area contributed by atoms with E-state index in [4.69, 9.17) is 4.98 Å². The van der Waals surface area contributed by atoms with E-state index in [1.807, 2.05) is 18.3 Å². The average Bonchev–Trinajstić information content (AvgIpc) is 2.74. The molecule has 2 aromatic carbocycles. The second-order valence-corrected chi connectivity index (χ2v) is 7.15. The molecule has 1 fully saturated rings. The van der Waals surface area contributed by atoms with Crippen molar-refractivity contribution in [1.29, 1.82) is 0 Å². The zero-order valence-electron chi connectivity index (χ0n) is 14.7. The summed E-state index contributed by atoms with van der Waals surface area (Å²) in [6, 6.07) is 21.7. The fraction of sp³-hybridized carbons (Fsp3) is 0.273. The van der Waals surface area contributed by atoms with Gasteiger partial charge in [-0.2, -0.15) is 4.98 Å². The van der Waals surface area contributed by atoms with E-state index in [-0.39, 0.29) is 0 Å². The molecule has 1 aromatic heterocycles. The van der Waals surface area contributed by atoms with E-state index in [0.717, 1.165) is 18.9 Å². The highest BCUT2D eigenvalue weighted by molar-refractivity contribution is 5.52. The van der Waals surface area contributed by atoms with Crippen LogP contribution in [-0.2, 0) is 6.54 Å². The van der Waals surface area contributed by atoms with Gasteiger partial charge in [0.05, 0.1) is 6.04 Å². The van der Waals surface area contributed by atoms with E-state index in [9.17, 15) is 0 Å². The minimum absolute atomic E-state index is 0.438. The molecule has 0 unspecified atom stereocenters. The van der Waals surface area contributed by atoms with Crippen molar-refractivity contribution < 1.29 is 0 Å².